The molecule has 1 rings (SSSR count). The first kappa shape index (κ1) is 13.5. The summed E-state index contributed by atoms with van der Waals surface area (Å²) in [6, 6.07) is 3.07. The predicted molar refractivity (Wildman–Crippen MR) is 66.4 cm³/mol. The van der Waals surface area contributed by atoms with E-state index in [1.54, 1.807) is 19.1 Å². The van der Waals surface area contributed by atoms with Crippen LogP contribution in [-0.4, -0.2) is 21.8 Å². The number of sulfone groups is 1. The fraction of sp³-hybridized carbons (Fsp3) is 0.400. The van der Waals surface area contributed by atoms with E-state index in [1.165, 1.54) is 7.11 Å². The number of nitrogens with two attached hydrogens (primary N) is 1. The molecule has 1 aromatic carbocycles. The maximum atomic E-state index is 11.6. The van der Waals surface area contributed by atoms with Crippen LogP contribution in [0.5, 0.6) is 5.75 Å². The summed E-state index contributed by atoms with van der Waals surface area (Å²) in [5, 5.41) is 0. The van der Waals surface area contributed by atoms with Crippen LogP contribution in [0, 0.1) is 0 Å². The summed E-state index contributed by atoms with van der Waals surface area (Å²) in [5.41, 5.74) is 6.47. The lowest BCUT2D eigenvalue weighted by atomic mass is 10.1. The topological polar surface area (TPSA) is 69.4 Å². The number of hydrogen-bond donors (Lipinski definition) is 1. The Morgan fingerprint density at radius 2 is 2.00 bits per heavy atom. The van der Waals surface area contributed by atoms with E-state index in [4.69, 9.17) is 10.5 Å². The van der Waals surface area contributed by atoms with Crippen LogP contribution in [0.15, 0.2) is 21.5 Å². The van der Waals surface area contributed by atoms with Crippen molar-refractivity contribution in [2.24, 2.45) is 5.73 Å². The van der Waals surface area contributed by atoms with Gasteiger partial charge in [0, 0.05) is 12.3 Å². The summed E-state index contributed by atoms with van der Waals surface area (Å²) in [6.45, 7) is 1.79. The summed E-state index contributed by atoms with van der Waals surface area (Å²) in [5.74, 6) is 0.312. The first-order valence-electron chi connectivity index (χ1n) is 4.60. The molecule has 0 bridgehead atoms. The molecule has 1 atom stereocenters. The van der Waals surface area contributed by atoms with Gasteiger partial charge < -0.3 is 10.5 Å². The van der Waals surface area contributed by atoms with Gasteiger partial charge >= 0.3 is 0 Å². The Morgan fingerprint density at radius 3 is 2.38 bits per heavy atom. The van der Waals surface area contributed by atoms with Crippen molar-refractivity contribution in [2.75, 3.05) is 13.4 Å². The van der Waals surface area contributed by atoms with Gasteiger partial charge in [0.05, 0.1) is 11.6 Å². The average molecular weight is 308 g/mol. The molecule has 0 aliphatic heterocycles. The van der Waals surface area contributed by atoms with E-state index in [0.717, 1.165) is 11.8 Å². The molecular formula is C10H14BrNO3S. The first-order chi connectivity index (χ1) is 7.27. The SMILES string of the molecule is COc1c(Br)cc(C(C)N)cc1S(C)(=O)=O. The Labute approximate surface area is 104 Å². The van der Waals surface area contributed by atoms with Gasteiger partial charge in [-0.1, -0.05) is 0 Å². The molecular weight excluding hydrogens is 294 g/mol. The molecule has 90 valence electrons. The van der Waals surface area contributed by atoms with Crippen LogP contribution in [0.4, 0.5) is 0 Å². The number of rotatable bonds is 3. The minimum Gasteiger partial charge on any atom is -0.494 e. The molecule has 0 saturated heterocycles. The molecule has 0 aliphatic rings. The number of benzene rings is 1. The highest BCUT2D eigenvalue weighted by Crippen LogP contribution is 2.34. The minimum atomic E-state index is -3.33. The highest BCUT2D eigenvalue weighted by atomic mass is 79.9. The molecule has 0 radical (unpaired) electrons. The van der Waals surface area contributed by atoms with Gasteiger partial charge in [-0.3, -0.25) is 0 Å². The molecule has 6 heteroatoms. The van der Waals surface area contributed by atoms with Crippen LogP contribution in [0.2, 0.25) is 0 Å². The Kier molecular flexibility index (Phi) is 3.98. The molecule has 1 aromatic rings. The Hall–Kier alpha value is -0.590. The third-order valence-corrected chi connectivity index (χ3v) is 3.85. The van der Waals surface area contributed by atoms with Gasteiger partial charge in [0.2, 0.25) is 0 Å². The van der Waals surface area contributed by atoms with Crippen LogP contribution >= 0.6 is 15.9 Å². The van der Waals surface area contributed by atoms with E-state index < -0.39 is 9.84 Å². The molecule has 0 aromatic heterocycles. The molecule has 0 amide bonds. The van der Waals surface area contributed by atoms with E-state index in [0.29, 0.717) is 10.2 Å². The summed E-state index contributed by atoms with van der Waals surface area (Å²) < 4.78 is 28.9. The molecule has 0 saturated carbocycles. The van der Waals surface area contributed by atoms with Crippen molar-refractivity contribution in [2.45, 2.75) is 17.9 Å². The Balaban J connectivity index is 3.56. The van der Waals surface area contributed by atoms with Crippen LogP contribution in [0.3, 0.4) is 0 Å². The van der Waals surface area contributed by atoms with Crippen molar-refractivity contribution in [1.29, 1.82) is 0 Å². The van der Waals surface area contributed by atoms with E-state index in [9.17, 15) is 8.42 Å². The van der Waals surface area contributed by atoms with E-state index in [2.05, 4.69) is 15.9 Å². The molecule has 1 unspecified atom stereocenters. The van der Waals surface area contributed by atoms with Gasteiger partial charge in [-0.15, -0.1) is 0 Å². The number of methoxy groups -OCH3 is 1. The zero-order valence-electron chi connectivity index (χ0n) is 9.32. The van der Waals surface area contributed by atoms with Crippen molar-refractivity contribution >= 4 is 25.8 Å². The van der Waals surface area contributed by atoms with Crippen LogP contribution in [-0.2, 0) is 9.84 Å². The quantitative estimate of drug-likeness (QED) is 0.925. The standard InChI is InChI=1S/C10H14BrNO3S/c1-6(12)7-4-8(11)10(15-2)9(5-7)16(3,13)14/h4-6H,12H2,1-3H3. The molecule has 16 heavy (non-hydrogen) atoms. The van der Waals surface area contributed by atoms with E-state index in [1.807, 2.05) is 0 Å². The Morgan fingerprint density at radius 1 is 1.44 bits per heavy atom. The Bertz CT molecular complexity index is 497. The lowest BCUT2D eigenvalue weighted by molar-refractivity contribution is 0.399. The third kappa shape index (κ3) is 2.75. The normalized spacial score (nSPS) is 13.6. The molecule has 0 fully saturated rings. The van der Waals surface area contributed by atoms with Gasteiger partial charge in [0.1, 0.15) is 4.90 Å². The summed E-state index contributed by atoms with van der Waals surface area (Å²) in [7, 11) is -1.90. The zero-order chi connectivity index (χ0) is 12.5. The highest BCUT2D eigenvalue weighted by Gasteiger charge is 2.19. The predicted octanol–water partition coefficient (Wildman–Crippen LogP) is 1.88. The monoisotopic (exact) mass is 307 g/mol. The molecule has 4 nitrogen and oxygen atoms in total. The second-order valence-corrected chi connectivity index (χ2v) is 6.43. The van der Waals surface area contributed by atoms with Gasteiger partial charge in [0.25, 0.3) is 0 Å². The second kappa shape index (κ2) is 4.73. The fourth-order valence-corrected chi connectivity index (χ4v) is 2.98. The van der Waals surface area contributed by atoms with Gasteiger partial charge in [-0.05, 0) is 40.5 Å². The lowest BCUT2D eigenvalue weighted by Gasteiger charge is -2.13. The van der Waals surface area contributed by atoms with Crippen molar-refractivity contribution in [1.82, 2.24) is 0 Å². The van der Waals surface area contributed by atoms with Gasteiger partial charge in [0.15, 0.2) is 15.6 Å². The van der Waals surface area contributed by atoms with Gasteiger partial charge in [-0.2, -0.15) is 0 Å². The van der Waals surface area contributed by atoms with Crippen molar-refractivity contribution in [3.63, 3.8) is 0 Å². The first-order valence-corrected chi connectivity index (χ1v) is 7.29. The van der Waals surface area contributed by atoms with Crippen LogP contribution in [0.25, 0.3) is 0 Å². The number of hydrogen-bond acceptors (Lipinski definition) is 4. The summed E-state index contributed by atoms with van der Waals surface area (Å²) >= 11 is 3.27. The minimum absolute atomic E-state index is 0.150. The smallest absolute Gasteiger partial charge is 0.179 e. The average Bonchev–Trinajstić information content (AvgIpc) is 2.14. The number of halogens is 1. The van der Waals surface area contributed by atoms with Crippen molar-refractivity contribution in [3.05, 3.63) is 22.2 Å². The molecule has 2 N–H and O–H groups in total. The summed E-state index contributed by atoms with van der Waals surface area (Å²) in [6.07, 6.45) is 1.14. The lowest BCUT2D eigenvalue weighted by Crippen LogP contribution is -2.08. The largest absolute Gasteiger partial charge is 0.494 e. The van der Waals surface area contributed by atoms with E-state index >= 15 is 0 Å². The van der Waals surface area contributed by atoms with Crippen LogP contribution < -0.4 is 10.5 Å². The number of ether oxygens (including phenoxy) is 1. The molecule has 0 aliphatic carbocycles. The van der Waals surface area contributed by atoms with Crippen molar-refractivity contribution < 1.29 is 13.2 Å². The van der Waals surface area contributed by atoms with Gasteiger partial charge in [-0.25, -0.2) is 8.42 Å². The maximum Gasteiger partial charge on any atom is 0.179 e. The highest BCUT2D eigenvalue weighted by molar-refractivity contribution is 9.10. The summed E-state index contributed by atoms with van der Waals surface area (Å²) in [4.78, 5) is 0.150. The fourth-order valence-electron chi connectivity index (χ4n) is 1.32. The second-order valence-electron chi connectivity index (χ2n) is 3.59. The van der Waals surface area contributed by atoms with Crippen molar-refractivity contribution in [3.8, 4) is 5.75 Å². The van der Waals surface area contributed by atoms with E-state index in [-0.39, 0.29) is 10.9 Å². The zero-order valence-corrected chi connectivity index (χ0v) is 11.7. The maximum absolute atomic E-state index is 11.6. The molecule has 0 heterocycles. The third-order valence-electron chi connectivity index (χ3n) is 2.16. The van der Waals surface area contributed by atoms with Crippen LogP contribution in [0.1, 0.15) is 18.5 Å². The molecule has 0 spiro atoms.